The van der Waals surface area contributed by atoms with E-state index >= 15 is 0 Å². The van der Waals surface area contributed by atoms with Crippen LogP contribution in [0.15, 0.2) is 97.1 Å². The molecule has 0 heterocycles. The van der Waals surface area contributed by atoms with Crippen molar-refractivity contribution >= 4 is 44.7 Å². The van der Waals surface area contributed by atoms with Crippen LogP contribution >= 0.6 is 0 Å². The van der Waals surface area contributed by atoms with E-state index in [0.29, 0.717) is 5.75 Å². The number of ketones is 1. The van der Waals surface area contributed by atoms with Gasteiger partial charge in [-0.3, -0.25) is 4.79 Å². The van der Waals surface area contributed by atoms with E-state index in [1.54, 1.807) is 12.1 Å². The molecule has 0 radical (unpaired) electrons. The highest BCUT2D eigenvalue weighted by Crippen LogP contribution is 2.41. The molecule has 0 aliphatic carbocycles. The fourth-order valence-electron chi connectivity index (χ4n) is 7.10. The molecule has 5 aromatic carbocycles. The third-order valence-electron chi connectivity index (χ3n) is 10.0. The van der Waals surface area contributed by atoms with E-state index in [4.69, 9.17) is 0 Å². The zero-order chi connectivity index (χ0) is 53.8. The van der Waals surface area contributed by atoms with Crippen LogP contribution in [-0.4, -0.2) is 30.2 Å². The Balaban J connectivity index is 0.000000707. The number of alkyl halides is 24. The molecule has 0 aliphatic heterocycles. The largest absolute Gasteiger partial charge is 0.416 e. The molecule has 0 amide bonds. The minimum Gasteiger partial charge on any atom is -0.289 e. The molecule has 5 rings (SSSR count). The Labute approximate surface area is 379 Å². The Hall–Kier alpha value is -5.57. The molecule has 70 heavy (non-hydrogen) atoms. The van der Waals surface area contributed by atoms with Crippen LogP contribution in [0, 0.1) is 5.82 Å². The molecule has 0 unspecified atom stereocenters. The molecule has 0 fully saturated rings. The number of carbonyl (C=O) groups excluding carboxylic acids is 1. The molecular weight excluding hydrogens is 1040 g/mol. The van der Waals surface area contributed by atoms with Crippen molar-refractivity contribution in [3.63, 3.8) is 0 Å². The minimum absolute atomic E-state index is 0.0294. The Kier molecular flexibility index (Phi) is 15.7. The van der Waals surface area contributed by atoms with Crippen molar-refractivity contribution in [2.75, 3.05) is 18.3 Å². The molecule has 0 saturated carbocycles. The second kappa shape index (κ2) is 19.2. The SMILES string of the molecule is C[S+](C)CC(=O)c1ccccc1F.FC(F)(F)c1cc([B-](c2cc(C(F)(F)F)cc(C(F)(F)F)c2)(c2cc(C(F)(F)F)cc(C(F)(F)F)c2)c2cc(C(F)(F)F)cc(C(F)(F)F)c2)cc(C(F)(F)F)c1. The van der Waals surface area contributed by atoms with E-state index in [9.17, 15) is 115 Å². The number of benzene rings is 5. The van der Waals surface area contributed by atoms with Crippen LogP contribution in [-0.2, 0) is 60.3 Å². The van der Waals surface area contributed by atoms with Gasteiger partial charge in [-0.25, -0.2) is 4.39 Å². The highest BCUT2D eigenvalue weighted by atomic mass is 32.2. The smallest absolute Gasteiger partial charge is 0.289 e. The summed E-state index contributed by atoms with van der Waals surface area (Å²) >= 11 is 0. The van der Waals surface area contributed by atoms with Gasteiger partial charge in [0.15, 0.2) is 5.75 Å². The lowest BCUT2D eigenvalue weighted by Crippen LogP contribution is -2.75. The first-order valence-electron chi connectivity index (χ1n) is 18.5. The van der Waals surface area contributed by atoms with Crippen LogP contribution in [0.25, 0.3) is 0 Å². The van der Waals surface area contributed by atoms with E-state index in [1.165, 1.54) is 12.1 Å². The Morgan fingerprint density at radius 2 is 0.571 bits per heavy atom. The molecule has 5 aromatic rings. The molecular formula is C42H24BF25OS. The number of halogens is 25. The maximum Gasteiger partial charge on any atom is 0.416 e. The number of Topliss-reactive ketones (excluding diaryl/α,β-unsaturated/α-hetero) is 1. The molecule has 1 nitrogen and oxygen atoms in total. The second-order valence-electron chi connectivity index (χ2n) is 15.3. The third-order valence-corrected chi connectivity index (χ3v) is 10.9. The summed E-state index contributed by atoms with van der Waals surface area (Å²) in [4.78, 5) is 11.4. The summed E-state index contributed by atoms with van der Waals surface area (Å²) < 4.78 is 354. The topological polar surface area (TPSA) is 17.1 Å². The molecule has 0 atom stereocenters. The standard InChI is InChI=1S/C32H12BF24.C10H12FOS/c34-25(35,36)13-1-14(26(37,38)39)6-21(5-13)33(22-7-15(27(40,41)42)2-16(8-22)28(43,44)45,23-9-17(29(46,47)48)3-18(10-23)30(49,50)51)24-11-19(31(52,53)54)4-20(12-24)32(55,56)57;1-13(2)7-10(12)8-5-3-4-6-9(8)11/h1-12H;3-6H,7H2,1-2H3/q-1;+1. The fraction of sp³-hybridized carbons (Fsp3) is 0.262. The predicted octanol–water partition coefficient (Wildman–Crippen LogP) is 13.1. The molecule has 28 heteroatoms. The summed E-state index contributed by atoms with van der Waals surface area (Å²) in [7, 11) is 0.0294. The highest BCUT2D eigenvalue weighted by molar-refractivity contribution is 7.96. The summed E-state index contributed by atoms with van der Waals surface area (Å²) in [6, 6.07) is -2.69. The second-order valence-corrected chi connectivity index (χ2v) is 17.5. The van der Waals surface area contributed by atoms with Gasteiger partial charge in [-0.2, -0.15) is 127 Å². The van der Waals surface area contributed by atoms with Gasteiger partial charge < -0.3 is 0 Å². The third kappa shape index (κ3) is 13.2. The van der Waals surface area contributed by atoms with Crippen LogP contribution in [0.3, 0.4) is 0 Å². The van der Waals surface area contributed by atoms with Gasteiger partial charge in [0.2, 0.25) is 5.78 Å². The summed E-state index contributed by atoms with van der Waals surface area (Å²) in [5.74, 6) is -0.0922. The average molecular weight is 1060 g/mol. The van der Waals surface area contributed by atoms with Gasteiger partial charge in [0.05, 0.1) is 62.6 Å². The van der Waals surface area contributed by atoms with Crippen molar-refractivity contribution in [3.8, 4) is 0 Å². The van der Waals surface area contributed by atoms with Gasteiger partial charge >= 0.3 is 49.4 Å². The molecule has 0 bridgehead atoms. The molecule has 0 aliphatic rings. The van der Waals surface area contributed by atoms with Crippen LogP contribution < -0.4 is 21.9 Å². The number of carbonyl (C=O) groups is 1. The maximum atomic E-state index is 14.2. The first-order valence-corrected chi connectivity index (χ1v) is 20.8. The fourth-order valence-corrected chi connectivity index (χ4v) is 7.78. The summed E-state index contributed by atoms with van der Waals surface area (Å²) in [6.07, 6.45) is -50.9. The Morgan fingerprint density at radius 3 is 0.743 bits per heavy atom. The quantitative estimate of drug-likeness (QED) is 0.0687. The van der Waals surface area contributed by atoms with Crippen molar-refractivity contribution in [1.29, 1.82) is 0 Å². The van der Waals surface area contributed by atoms with Crippen molar-refractivity contribution in [3.05, 3.63) is 153 Å². The molecule has 0 N–H and O–H groups in total. The van der Waals surface area contributed by atoms with Gasteiger partial charge in [0.25, 0.3) is 0 Å². The van der Waals surface area contributed by atoms with Gasteiger partial charge in [-0.15, -0.1) is 0 Å². The van der Waals surface area contributed by atoms with Crippen LogP contribution in [0.2, 0.25) is 0 Å². The van der Waals surface area contributed by atoms with Gasteiger partial charge in [0.1, 0.15) is 12.0 Å². The number of hydrogen-bond acceptors (Lipinski definition) is 1. The van der Waals surface area contributed by atoms with Crippen molar-refractivity contribution < 1.29 is 115 Å². The van der Waals surface area contributed by atoms with E-state index in [1.807, 2.05) is 12.5 Å². The summed E-state index contributed by atoms with van der Waals surface area (Å²) in [5, 5.41) is 0. The van der Waals surface area contributed by atoms with E-state index in [2.05, 4.69) is 0 Å². The monoisotopic (exact) mass is 1060 g/mol. The maximum absolute atomic E-state index is 14.2. The van der Waals surface area contributed by atoms with Crippen molar-refractivity contribution in [2.45, 2.75) is 49.4 Å². The van der Waals surface area contributed by atoms with E-state index in [0.717, 1.165) is 0 Å². The minimum atomic E-state index is -6.13. The van der Waals surface area contributed by atoms with Crippen LogP contribution in [0.5, 0.6) is 0 Å². The average Bonchev–Trinajstić information content (AvgIpc) is 3.18. The zero-order valence-electron chi connectivity index (χ0n) is 34.3. The van der Waals surface area contributed by atoms with Crippen LogP contribution in [0.1, 0.15) is 54.9 Å². The van der Waals surface area contributed by atoms with E-state index in [-0.39, 0.29) is 22.2 Å². The lowest BCUT2D eigenvalue weighted by atomic mass is 9.12. The number of hydrogen-bond donors (Lipinski definition) is 0. The lowest BCUT2D eigenvalue weighted by Gasteiger charge is -2.46. The van der Waals surface area contributed by atoms with Gasteiger partial charge in [0, 0.05) is 0 Å². The zero-order valence-corrected chi connectivity index (χ0v) is 35.1. The van der Waals surface area contributed by atoms with E-state index < -0.39 is 201 Å². The lowest BCUT2D eigenvalue weighted by molar-refractivity contribution is -0.144. The molecule has 382 valence electrons. The predicted molar refractivity (Wildman–Crippen MR) is 205 cm³/mol. The first kappa shape index (κ1) is 57.0. The normalized spacial score (nSPS) is 13.6. The Bertz CT molecular complexity index is 2260. The summed E-state index contributed by atoms with van der Waals surface area (Å²) in [5.41, 5.74) is -30.0. The molecule has 0 saturated heterocycles. The Morgan fingerprint density at radius 1 is 0.371 bits per heavy atom. The van der Waals surface area contributed by atoms with Crippen molar-refractivity contribution in [2.24, 2.45) is 0 Å². The van der Waals surface area contributed by atoms with Gasteiger partial charge in [-0.05, 0) is 47.3 Å². The molecule has 0 aromatic heterocycles. The first-order chi connectivity index (χ1) is 31.4. The summed E-state index contributed by atoms with van der Waals surface area (Å²) in [6.45, 7) is 0. The van der Waals surface area contributed by atoms with Crippen LogP contribution in [0.4, 0.5) is 110 Å². The van der Waals surface area contributed by atoms with Crippen molar-refractivity contribution in [1.82, 2.24) is 0 Å². The van der Waals surface area contributed by atoms with Gasteiger partial charge in [-0.1, -0.05) is 60.7 Å². The highest BCUT2D eigenvalue weighted by Gasteiger charge is 2.47. The number of rotatable bonds is 7. The molecule has 0 spiro atoms.